The number of pyridine rings is 1. The predicted molar refractivity (Wildman–Crippen MR) is 61.3 cm³/mol. The topological polar surface area (TPSA) is 60.1 Å². The van der Waals surface area contributed by atoms with Crippen LogP contribution in [0.25, 0.3) is 11.2 Å². The Hall–Kier alpha value is -1.88. The van der Waals surface area contributed by atoms with Gasteiger partial charge in [-0.25, -0.2) is 9.78 Å². The van der Waals surface area contributed by atoms with Gasteiger partial charge in [0.1, 0.15) is 0 Å². The van der Waals surface area contributed by atoms with Crippen LogP contribution in [0.5, 0.6) is 0 Å². The fourth-order valence-electron chi connectivity index (χ4n) is 1.49. The molecular formula is C11H13N3O2. The molecule has 0 aliphatic carbocycles. The largest absolute Gasteiger partial charge is 0.421 e. The van der Waals surface area contributed by atoms with Crippen LogP contribution in [0.4, 0.5) is 0 Å². The summed E-state index contributed by atoms with van der Waals surface area (Å²) in [5.74, 6) is -0.367. The van der Waals surface area contributed by atoms with E-state index in [4.69, 9.17) is 4.42 Å². The smallest absolute Gasteiger partial charge is 0.406 e. The van der Waals surface area contributed by atoms with Crippen molar-refractivity contribution in [1.29, 1.82) is 0 Å². The highest BCUT2D eigenvalue weighted by atomic mass is 16.4. The molecule has 16 heavy (non-hydrogen) atoms. The van der Waals surface area contributed by atoms with Gasteiger partial charge in [0.25, 0.3) is 0 Å². The van der Waals surface area contributed by atoms with Gasteiger partial charge >= 0.3 is 5.76 Å². The van der Waals surface area contributed by atoms with Crippen LogP contribution in [0.3, 0.4) is 0 Å². The Morgan fingerprint density at radius 1 is 1.62 bits per heavy atom. The third-order valence-electron chi connectivity index (χ3n) is 2.23. The van der Waals surface area contributed by atoms with Gasteiger partial charge in [0.05, 0.1) is 0 Å². The Bertz CT molecular complexity index is 541. The van der Waals surface area contributed by atoms with E-state index in [9.17, 15) is 4.79 Å². The van der Waals surface area contributed by atoms with Gasteiger partial charge in [-0.2, -0.15) is 0 Å². The Balaban J connectivity index is 2.19. The molecule has 0 bridgehead atoms. The van der Waals surface area contributed by atoms with Crippen LogP contribution in [0.2, 0.25) is 0 Å². The van der Waals surface area contributed by atoms with Crippen molar-refractivity contribution in [3.05, 3.63) is 41.5 Å². The lowest BCUT2D eigenvalue weighted by Crippen LogP contribution is -2.24. The average Bonchev–Trinajstić information content (AvgIpc) is 2.61. The van der Waals surface area contributed by atoms with Gasteiger partial charge in [-0.3, -0.25) is 4.57 Å². The molecule has 0 aliphatic rings. The highest BCUT2D eigenvalue weighted by Crippen LogP contribution is 2.07. The summed E-state index contributed by atoms with van der Waals surface area (Å²) >= 11 is 0. The van der Waals surface area contributed by atoms with Gasteiger partial charge in [-0.1, -0.05) is 6.08 Å². The van der Waals surface area contributed by atoms with Crippen LogP contribution in [-0.2, 0) is 6.54 Å². The maximum absolute atomic E-state index is 11.5. The maximum atomic E-state index is 11.5. The van der Waals surface area contributed by atoms with Crippen molar-refractivity contribution in [2.24, 2.45) is 0 Å². The standard InChI is InChI=1S/C11H13N3O2/c1-2-5-12-7-8-14-10-9(16-11(14)15)4-3-6-13-10/h2-4,6,12H,1,5,7-8H2. The van der Waals surface area contributed by atoms with Crippen molar-refractivity contribution in [2.45, 2.75) is 6.54 Å². The molecule has 2 aromatic heterocycles. The first-order valence-corrected chi connectivity index (χ1v) is 5.09. The van der Waals surface area contributed by atoms with E-state index in [0.29, 0.717) is 24.3 Å². The second-order valence-electron chi connectivity index (χ2n) is 3.34. The second-order valence-corrected chi connectivity index (χ2v) is 3.34. The van der Waals surface area contributed by atoms with Crippen LogP contribution >= 0.6 is 0 Å². The van der Waals surface area contributed by atoms with E-state index in [1.54, 1.807) is 24.4 Å². The molecule has 0 saturated heterocycles. The van der Waals surface area contributed by atoms with Gasteiger partial charge in [0.15, 0.2) is 11.2 Å². The van der Waals surface area contributed by atoms with Crippen molar-refractivity contribution in [1.82, 2.24) is 14.9 Å². The van der Waals surface area contributed by atoms with Crippen LogP contribution in [-0.4, -0.2) is 22.6 Å². The zero-order valence-electron chi connectivity index (χ0n) is 8.85. The van der Waals surface area contributed by atoms with E-state index in [1.165, 1.54) is 4.57 Å². The molecule has 0 fully saturated rings. The molecule has 0 spiro atoms. The fraction of sp³-hybridized carbons (Fsp3) is 0.273. The number of nitrogens with one attached hydrogen (secondary N) is 1. The quantitative estimate of drug-likeness (QED) is 0.596. The number of rotatable bonds is 5. The van der Waals surface area contributed by atoms with Crippen molar-refractivity contribution in [3.63, 3.8) is 0 Å². The predicted octanol–water partition coefficient (Wildman–Crippen LogP) is 0.765. The lowest BCUT2D eigenvalue weighted by Gasteiger charge is -2.01. The molecule has 1 N–H and O–H groups in total. The van der Waals surface area contributed by atoms with Crippen LogP contribution in [0, 0.1) is 0 Å². The summed E-state index contributed by atoms with van der Waals surface area (Å²) < 4.78 is 6.57. The first kappa shape index (κ1) is 10.6. The minimum atomic E-state index is -0.367. The first-order valence-electron chi connectivity index (χ1n) is 5.09. The molecule has 0 radical (unpaired) electrons. The van der Waals surface area contributed by atoms with Crippen LogP contribution in [0.15, 0.2) is 40.2 Å². The number of oxazole rings is 1. The fourth-order valence-corrected chi connectivity index (χ4v) is 1.49. The number of aromatic nitrogens is 2. The zero-order valence-corrected chi connectivity index (χ0v) is 8.85. The summed E-state index contributed by atoms with van der Waals surface area (Å²) in [5, 5.41) is 3.12. The van der Waals surface area contributed by atoms with Crippen molar-refractivity contribution >= 4 is 11.2 Å². The lowest BCUT2D eigenvalue weighted by molar-refractivity contribution is 0.497. The molecule has 2 rings (SSSR count). The maximum Gasteiger partial charge on any atom is 0.421 e. The summed E-state index contributed by atoms with van der Waals surface area (Å²) in [4.78, 5) is 15.6. The van der Waals surface area contributed by atoms with E-state index >= 15 is 0 Å². The number of nitrogens with zero attached hydrogens (tertiary/aromatic N) is 2. The number of hydrogen-bond donors (Lipinski definition) is 1. The first-order chi connectivity index (χ1) is 7.83. The van der Waals surface area contributed by atoms with Crippen molar-refractivity contribution < 1.29 is 4.42 Å². The Morgan fingerprint density at radius 2 is 2.50 bits per heavy atom. The van der Waals surface area contributed by atoms with E-state index in [2.05, 4.69) is 16.9 Å². The summed E-state index contributed by atoms with van der Waals surface area (Å²) in [6, 6.07) is 3.48. The summed E-state index contributed by atoms with van der Waals surface area (Å²) in [6.45, 7) is 5.54. The summed E-state index contributed by atoms with van der Waals surface area (Å²) in [7, 11) is 0. The molecule has 2 heterocycles. The Labute approximate surface area is 92.4 Å². The highest BCUT2D eigenvalue weighted by Gasteiger charge is 2.08. The van der Waals surface area contributed by atoms with E-state index in [-0.39, 0.29) is 5.76 Å². The number of fused-ring (bicyclic) bond motifs is 1. The molecule has 2 aromatic rings. The normalized spacial score (nSPS) is 10.8. The SMILES string of the molecule is C=CCNCCn1c(=O)oc2cccnc21. The second kappa shape index (κ2) is 4.76. The Kier molecular flexibility index (Phi) is 3.16. The minimum Gasteiger partial charge on any atom is -0.406 e. The molecule has 0 saturated carbocycles. The number of hydrogen-bond acceptors (Lipinski definition) is 4. The van der Waals surface area contributed by atoms with Gasteiger partial charge in [0.2, 0.25) is 0 Å². The van der Waals surface area contributed by atoms with Gasteiger partial charge in [-0.15, -0.1) is 6.58 Å². The molecule has 0 amide bonds. The van der Waals surface area contributed by atoms with E-state index in [1.807, 2.05) is 0 Å². The van der Waals surface area contributed by atoms with Crippen molar-refractivity contribution in [2.75, 3.05) is 13.1 Å². The van der Waals surface area contributed by atoms with E-state index in [0.717, 1.165) is 6.54 Å². The third kappa shape index (κ3) is 2.04. The molecule has 0 atom stereocenters. The van der Waals surface area contributed by atoms with Crippen molar-refractivity contribution in [3.8, 4) is 0 Å². The molecular weight excluding hydrogens is 206 g/mol. The van der Waals surface area contributed by atoms with Gasteiger partial charge < -0.3 is 9.73 Å². The summed E-state index contributed by atoms with van der Waals surface area (Å²) in [6.07, 6.45) is 3.42. The average molecular weight is 219 g/mol. The molecule has 5 nitrogen and oxygen atoms in total. The molecule has 5 heteroatoms. The lowest BCUT2D eigenvalue weighted by atomic mass is 10.4. The van der Waals surface area contributed by atoms with E-state index < -0.39 is 0 Å². The Morgan fingerprint density at radius 3 is 3.31 bits per heavy atom. The zero-order chi connectivity index (χ0) is 11.4. The molecule has 0 aliphatic heterocycles. The molecule has 0 unspecified atom stereocenters. The minimum absolute atomic E-state index is 0.367. The van der Waals surface area contributed by atoms with Gasteiger partial charge in [0, 0.05) is 25.8 Å². The highest BCUT2D eigenvalue weighted by molar-refractivity contribution is 5.67. The third-order valence-corrected chi connectivity index (χ3v) is 2.23. The monoisotopic (exact) mass is 219 g/mol. The van der Waals surface area contributed by atoms with Gasteiger partial charge in [-0.05, 0) is 12.1 Å². The van der Waals surface area contributed by atoms with Crippen LogP contribution < -0.4 is 11.1 Å². The molecule has 0 aromatic carbocycles. The summed E-state index contributed by atoms with van der Waals surface area (Å²) in [5.41, 5.74) is 1.11. The molecule has 84 valence electrons. The van der Waals surface area contributed by atoms with Crippen LogP contribution in [0.1, 0.15) is 0 Å².